The molecule has 1 spiro atoms. The zero-order valence-corrected chi connectivity index (χ0v) is 14.7. The molecule has 2 nitrogen and oxygen atoms in total. The van der Waals surface area contributed by atoms with E-state index < -0.39 is 0 Å². The van der Waals surface area contributed by atoms with Gasteiger partial charge in [-0.1, -0.05) is 19.3 Å². The zero-order valence-electron chi connectivity index (χ0n) is 12.3. The van der Waals surface area contributed by atoms with E-state index in [1.54, 1.807) is 0 Å². The molecule has 20 heavy (non-hydrogen) atoms. The van der Waals surface area contributed by atoms with Gasteiger partial charge in [-0.15, -0.1) is 11.3 Å². The summed E-state index contributed by atoms with van der Waals surface area (Å²) in [4.78, 5) is 4.19. The van der Waals surface area contributed by atoms with Crippen LogP contribution in [0.15, 0.2) is 15.9 Å². The highest BCUT2D eigenvalue weighted by Gasteiger charge is 2.36. The van der Waals surface area contributed by atoms with Gasteiger partial charge in [0.25, 0.3) is 0 Å². The van der Waals surface area contributed by atoms with Gasteiger partial charge < -0.3 is 5.32 Å². The topological polar surface area (TPSA) is 15.3 Å². The van der Waals surface area contributed by atoms with Crippen molar-refractivity contribution in [3.8, 4) is 0 Å². The summed E-state index contributed by atoms with van der Waals surface area (Å²) in [7, 11) is 0. The first kappa shape index (κ1) is 15.0. The van der Waals surface area contributed by atoms with Crippen molar-refractivity contribution in [3.05, 3.63) is 20.8 Å². The minimum Gasteiger partial charge on any atom is -0.310 e. The fourth-order valence-corrected chi connectivity index (χ4v) is 5.22. The molecule has 1 atom stereocenters. The van der Waals surface area contributed by atoms with Crippen molar-refractivity contribution in [2.45, 2.75) is 63.6 Å². The molecule has 0 amide bonds. The molecular formula is C16H25BrN2S. The van der Waals surface area contributed by atoms with Crippen LogP contribution < -0.4 is 5.32 Å². The van der Waals surface area contributed by atoms with Crippen molar-refractivity contribution in [1.29, 1.82) is 0 Å². The van der Waals surface area contributed by atoms with E-state index in [4.69, 9.17) is 0 Å². The maximum atomic E-state index is 3.90. The van der Waals surface area contributed by atoms with E-state index in [9.17, 15) is 0 Å². The third-order valence-electron chi connectivity index (χ3n) is 4.98. The average Bonchev–Trinajstić information content (AvgIpc) is 2.78. The Hall–Kier alpha value is 0.1000. The predicted octanol–water partition coefficient (Wildman–Crippen LogP) is 4.40. The van der Waals surface area contributed by atoms with Crippen LogP contribution in [0.1, 0.15) is 50.3 Å². The lowest BCUT2D eigenvalue weighted by molar-refractivity contribution is 0.132. The van der Waals surface area contributed by atoms with Crippen LogP contribution in [0.5, 0.6) is 0 Å². The SMILES string of the molecule is CC1CCNC2(CCCCC2)CN1Cc1cc(Br)cs1. The minimum absolute atomic E-state index is 0.400. The predicted molar refractivity (Wildman–Crippen MR) is 90.3 cm³/mol. The van der Waals surface area contributed by atoms with Crippen molar-refractivity contribution >= 4 is 27.3 Å². The van der Waals surface area contributed by atoms with Crippen LogP contribution in [0, 0.1) is 0 Å². The number of hydrogen-bond acceptors (Lipinski definition) is 3. The first-order chi connectivity index (χ1) is 9.67. The molecule has 4 heteroatoms. The molecule has 1 saturated carbocycles. The molecule has 1 N–H and O–H groups in total. The largest absolute Gasteiger partial charge is 0.310 e. The second-order valence-electron chi connectivity index (χ2n) is 6.54. The fraction of sp³-hybridized carbons (Fsp3) is 0.750. The molecule has 2 aliphatic rings. The summed E-state index contributed by atoms with van der Waals surface area (Å²) in [5.74, 6) is 0. The Morgan fingerprint density at radius 1 is 1.40 bits per heavy atom. The Bertz CT molecular complexity index is 439. The molecule has 2 heterocycles. The van der Waals surface area contributed by atoms with E-state index in [0.29, 0.717) is 11.6 Å². The van der Waals surface area contributed by atoms with Crippen LogP contribution >= 0.6 is 27.3 Å². The van der Waals surface area contributed by atoms with Crippen LogP contribution in [-0.2, 0) is 6.54 Å². The summed E-state index contributed by atoms with van der Waals surface area (Å²) in [5.41, 5.74) is 0.400. The van der Waals surface area contributed by atoms with Gasteiger partial charge in [-0.05, 0) is 54.7 Å². The molecule has 1 saturated heterocycles. The van der Waals surface area contributed by atoms with Gasteiger partial charge in [-0.2, -0.15) is 0 Å². The molecule has 1 aromatic heterocycles. The molecule has 2 fully saturated rings. The molecule has 112 valence electrons. The quantitative estimate of drug-likeness (QED) is 0.844. The summed E-state index contributed by atoms with van der Waals surface area (Å²) >= 11 is 5.46. The number of nitrogens with one attached hydrogen (secondary N) is 1. The Labute approximate surface area is 135 Å². The van der Waals surface area contributed by atoms with Crippen molar-refractivity contribution < 1.29 is 0 Å². The van der Waals surface area contributed by atoms with Crippen LogP contribution in [0.3, 0.4) is 0 Å². The van der Waals surface area contributed by atoms with Gasteiger partial charge in [0.05, 0.1) is 0 Å². The standard InChI is InChI=1S/C16H25BrN2S/c1-13-5-8-18-16(6-3-2-4-7-16)12-19(13)10-15-9-14(17)11-20-15/h9,11,13,18H,2-8,10,12H2,1H3. The van der Waals surface area contributed by atoms with Crippen LogP contribution in [0.25, 0.3) is 0 Å². The number of rotatable bonds is 2. The van der Waals surface area contributed by atoms with E-state index in [1.165, 1.54) is 61.0 Å². The molecule has 1 aromatic rings. The van der Waals surface area contributed by atoms with E-state index in [0.717, 1.165) is 6.54 Å². The van der Waals surface area contributed by atoms with Crippen LogP contribution in [0.2, 0.25) is 0 Å². The lowest BCUT2D eigenvalue weighted by Crippen LogP contribution is -2.53. The number of hydrogen-bond donors (Lipinski definition) is 1. The average molecular weight is 357 g/mol. The summed E-state index contributed by atoms with van der Waals surface area (Å²) in [6.07, 6.45) is 8.24. The highest BCUT2D eigenvalue weighted by molar-refractivity contribution is 9.10. The van der Waals surface area contributed by atoms with Crippen LogP contribution in [0.4, 0.5) is 0 Å². The number of halogens is 1. The van der Waals surface area contributed by atoms with E-state index in [-0.39, 0.29) is 0 Å². The van der Waals surface area contributed by atoms with Crippen LogP contribution in [-0.4, -0.2) is 29.6 Å². The summed E-state index contributed by atoms with van der Waals surface area (Å²) in [6, 6.07) is 2.97. The van der Waals surface area contributed by atoms with E-state index in [1.807, 2.05) is 11.3 Å². The number of nitrogens with zero attached hydrogens (tertiary/aromatic N) is 1. The van der Waals surface area contributed by atoms with Gasteiger partial charge in [0, 0.05) is 39.4 Å². The van der Waals surface area contributed by atoms with Gasteiger partial charge in [0.2, 0.25) is 0 Å². The highest BCUT2D eigenvalue weighted by Crippen LogP contribution is 2.32. The third kappa shape index (κ3) is 3.46. The molecular weight excluding hydrogens is 332 g/mol. The zero-order chi connectivity index (χ0) is 14.0. The van der Waals surface area contributed by atoms with Gasteiger partial charge in [-0.3, -0.25) is 4.90 Å². The summed E-state index contributed by atoms with van der Waals surface area (Å²) in [5, 5.41) is 6.10. The third-order valence-corrected chi connectivity index (χ3v) is 6.66. The van der Waals surface area contributed by atoms with E-state index >= 15 is 0 Å². The Morgan fingerprint density at radius 2 is 2.20 bits per heavy atom. The maximum absolute atomic E-state index is 3.90. The van der Waals surface area contributed by atoms with Crippen molar-refractivity contribution in [1.82, 2.24) is 10.2 Å². The minimum atomic E-state index is 0.400. The normalized spacial score (nSPS) is 27.6. The molecule has 0 aromatic carbocycles. The number of thiophene rings is 1. The molecule has 1 unspecified atom stereocenters. The molecule has 1 aliphatic heterocycles. The maximum Gasteiger partial charge on any atom is 0.0331 e. The Kier molecular flexibility index (Phi) is 4.86. The van der Waals surface area contributed by atoms with Crippen molar-refractivity contribution in [2.75, 3.05) is 13.1 Å². The molecule has 1 aliphatic carbocycles. The van der Waals surface area contributed by atoms with Gasteiger partial charge in [0.1, 0.15) is 0 Å². The Morgan fingerprint density at radius 3 is 2.90 bits per heavy atom. The highest BCUT2D eigenvalue weighted by atomic mass is 79.9. The first-order valence-electron chi connectivity index (χ1n) is 7.89. The Balaban J connectivity index is 1.72. The van der Waals surface area contributed by atoms with E-state index in [2.05, 4.69) is 44.5 Å². The molecule has 0 bridgehead atoms. The lowest BCUT2D eigenvalue weighted by atomic mass is 9.81. The smallest absolute Gasteiger partial charge is 0.0331 e. The summed E-state index contributed by atoms with van der Waals surface area (Å²) in [6.45, 7) is 5.92. The second-order valence-corrected chi connectivity index (χ2v) is 8.45. The second kappa shape index (κ2) is 6.47. The first-order valence-corrected chi connectivity index (χ1v) is 9.56. The monoisotopic (exact) mass is 356 g/mol. The molecule has 0 radical (unpaired) electrons. The van der Waals surface area contributed by atoms with Gasteiger partial charge in [0.15, 0.2) is 0 Å². The van der Waals surface area contributed by atoms with Gasteiger partial charge in [-0.25, -0.2) is 0 Å². The van der Waals surface area contributed by atoms with Crippen molar-refractivity contribution in [3.63, 3.8) is 0 Å². The fourth-order valence-electron chi connectivity index (χ4n) is 3.74. The summed E-state index contributed by atoms with van der Waals surface area (Å²) < 4.78 is 1.23. The lowest BCUT2D eigenvalue weighted by Gasteiger charge is -2.41. The molecule has 3 rings (SSSR count). The van der Waals surface area contributed by atoms with Crippen molar-refractivity contribution in [2.24, 2.45) is 0 Å². The van der Waals surface area contributed by atoms with Gasteiger partial charge >= 0.3 is 0 Å².